The number of benzene rings is 1. The summed E-state index contributed by atoms with van der Waals surface area (Å²) in [6.45, 7) is 4.14. The molecule has 0 aromatic heterocycles. The summed E-state index contributed by atoms with van der Waals surface area (Å²) in [5.74, 6) is 1.43. The molecule has 0 saturated heterocycles. The van der Waals surface area contributed by atoms with Gasteiger partial charge >= 0.3 is 0 Å². The van der Waals surface area contributed by atoms with E-state index in [-0.39, 0.29) is 17.1 Å². The average molecular weight is 346 g/mol. The summed E-state index contributed by atoms with van der Waals surface area (Å²) in [5, 5.41) is 4.32. The zero-order valence-electron chi connectivity index (χ0n) is 13.4. The van der Waals surface area contributed by atoms with E-state index in [1.807, 2.05) is 30.0 Å². The summed E-state index contributed by atoms with van der Waals surface area (Å²) >= 11 is 8.12. The topological polar surface area (TPSA) is 29.1 Å². The fourth-order valence-corrected chi connectivity index (χ4v) is 5.27. The highest BCUT2D eigenvalue weighted by Crippen LogP contribution is 2.52. The first-order valence-electron chi connectivity index (χ1n) is 8.13. The van der Waals surface area contributed by atoms with E-state index >= 15 is 0 Å². The molecule has 0 saturated carbocycles. The molecule has 120 valence electrons. The van der Waals surface area contributed by atoms with Crippen LogP contribution in [0.1, 0.15) is 44.6 Å². The fraction of sp³-hybridized carbons (Fsp3) is 0.421. The predicted molar refractivity (Wildman–Crippen MR) is 96.5 cm³/mol. The van der Waals surface area contributed by atoms with Crippen molar-refractivity contribution >= 4 is 29.1 Å². The van der Waals surface area contributed by atoms with Gasteiger partial charge in [0.1, 0.15) is 0 Å². The molecular weight excluding hydrogens is 326 g/mol. The van der Waals surface area contributed by atoms with E-state index in [2.05, 4.69) is 25.2 Å². The lowest BCUT2D eigenvalue weighted by atomic mass is 9.69. The quantitative estimate of drug-likeness (QED) is 0.775. The Balaban J connectivity index is 1.89. The van der Waals surface area contributed by atoms with Crippen LogP contribution >= 0.6 is 23.4 Å². The molecule has 2 heterocycles. The van der Waals surface area contributed by atoms with E-state index in [0.717, 1.165) is 46.9 Å². The van der Waals surface area contributed by atoms with E-state index in [0.29, 0.717) is 0 Å². The van der Waals surface area contributed by atoms with Crippen LogP contribution in [0.15, 0.2) is 46.1 Å². The van der Waals surface area contributed by atoms with Crippen LogP contribution < -0.4 is 5.32 Å². The highest BCUT2D eigenvalue weighted by molar-refractivity contribution is 8.03. The maximum Gasteiger partial charge on any atom is 0.167 e. The highest BCUT2D eigenvalue weighted by Gasteiger charge is 2.44. The summed E-state index contributed by atoms with van der Waals surface area (Å²) in [7, 11) is 0. The smallest absolute Gasteiger partial charge is 0.167 e. The number of ketones is 1. The summed E-state index contributed by atoms with van der Waals surface area (Å²) in [6.07, 6.45) is 2.92. The summed E-state index contributed by atoms with van der Waals surface area (Å²) in [6, 6.07) is 7.99. The first kappa shape index (κ1) is 15.3. The second-order valence-electron chi connectivity index (χ2n) is 7.16. The number of dihydropyridines is 1. The van der Waals surface area contributed by atoms with Crippen LogP contribution in [0.5, 0.6) is 0 Å². The van der Waals surface area contributed by atoms with Gasteiger partial charge in [0, 0.05) is 44.0 Å². The molecule has 23 heavy (non-hydrogen) atoms. The number of allylic oxidation sites excluding steroid dienone is 4. The van der Waals surface area contributed by atoms with Gasteiger partial charge in [-0.2, -0.15) is 0 Å². The zero-order valence-corrected chi connectivity index (χ0v) is 15.0. The van der Waals surface area contributed by atoms with Crippen LogP contribution in [-0.2, 0) is 4.79 Å². The second-order valence-corrected chi connectivity index (χ2v) is 8.73. The van der Waals surface area contributed by atoms with Gasteiger partial charge in [-0.3, -0.25) is 4.79 Å². The van der Waals surface area contributed by atoms with E-state index in [9.17, 15) is 4.79 Å². The van der Waals surface area contributed by atoms with Crippen molar-refractivity contribution in [1.82, 2.24) is 5.32 Å². The van der Waals surface area contributed by atoms with E-state index in [4.69, 9.17) is 11.6 Å². The van der Waals surface area contributed by atoms with Gasteiger partial charge in [0.15, 0.2) is 5.78 Å². The molecule has 2 aliphatic heterocycles. The van der Waals surface area contributed by atoms with Crippen molar-refractivity contribution in [3.63, 3.8) is 0 Å². The normalized spacial score (nSPS) is 26.0. The molecule has 3 aliphatic rings. The number of halogens is 1. The number of Topliss-reactive ketones (excluding diaryl/α,β-unsaturated/α-hetero) is 1. The zero-order chi connectivity index (χ0) is 16.2. The predicted octanol–water partition coefficient (Wildman–Crippen LogP) is 5.02. The van der Waals surface area contributed by atoms with Crippen LogP contribution in [0.4, 0.5) is 0 Å². The Kier molecular flexibility index (Phi) is 3.62. The Morgan fingerprint density at radius 2 is 2.09 bits per heavy atom. The van der Waals surface area contributed by atoms with Crippen molar-refractivity contribution < 1.29 is 4.79 Å². The summed E-state index contributed by atoms with van der Waals surface area (Å²) < 4.78 is 0. The molecule has 0 amide bonds. The van der Waals surface area contributed by atoms with Gasteiger partial charge in [-0.25, -0.2) is 0 Å². The molecule has 1 atom stereocenters. The minimum absolute atomic E-state index is 0.0551. The van der Waals surface area contributed by atoms with Crippen molar-refractivity contribution in [2.24, 2.45) is 5.41 Å². The van der Waals surface area contributed by atoms with Crippen molar-refractivity contribution in [3.05, 3.63) is 56.7 Å². The number of thioether (sulfide) groups is 1. The number of carbonyl (C=O) groups is 1. The average Bonchev–Trinajstić information content (AvgIpc) is 2.97. The molecule has 1 unspecified atom stereocenters. The molecule has 0 bridgehead atoms. The van der Waals surface area contributed by atoms with Gasteiger partial charge in [0.2, 0.25) is 0 Å². The Hall–Kier alpha value is -1.19. The number of hydrogen-bond donors (Lipinski definition) is 1. The fourth-order valence-electron chi connectivity index (χ4n) is 3.79. The third-order valence-electron chi connectivity index (χ3n) is 5.13. The molecule has 1 N–H and O–H groups in total. The lowest BCUT2D eigenvalue weighted by Crippen LogP contribution is -2.38. The van der Waals surface area contributed by atoms with Gasteiger partial charge in [-0.1, -0.05) is 37.6 Å². The van der Waals surface area contributed by atoms with Gasteiger partial charge in [-0.05, 0) is 37.0 Å². The van der Waals surface area contributed by atoms with Crippen molar-refractivity contribution in [1.29, 1.82) is 0 Å². The van der Waals surface area contributed by atoms with Crippen molar-refractivity contribution in [2.45, 2.75) is 39.0 Å². The van der Waals surface area contributed by atoms with Gasteiger partial charge in [-0.15, -0.1) is 11.8 Å². The first-order valence-corrected chi connectivity index (χ1v) is 9.50. The summed E-state index contributed by atoms with van der Waals surface area (Å²) in [5.41, 5.74) is 4.28. The Labute approximate surface area is 146 Å². The van der Waals surface area contributed by atoms with Gasteiger partial charge < -0.3 is 5.32 Å². The van der Waals surface area contributed by atoms with E-state index in [1.54, 1.807) is 0 Å². The van der Waals surface area contributed by atoms with E-state index < -0.39 is 0 Å². The number of carbonyl (C=O) groups excluding carboxylic acids is 1. The lowest BCUT2D eigenvalue weighted by Gasteiger charge is -2.39. The third kappa shape index (κ3) is 2.45. The molecule has 0 fully saturated rings. The van der Waals surface area contributed by atoms with Crippen molar-refractivity contribution in [2.75, 3.05) is 5.75 Å². The van der Waals surface area contributed by atoms with Crippen LogP contribution in [0.3, 0.4) is 0 Å². The molecule has 1 aliphatic carbocycles. The SMILES string of the molecule is CC1(C)CCC2=C(C1=O)C(c1cccc(Cl)c1)C1=C(CCS1)N2. The van der Waals surface area contributed by atoms with Crippen LogP contribution in [0, 0.1) is 5.41 Å². The molecule has 0 spiro atoms. The molecule has 0 radical (unpaired) electrons. The Bertz CT molecular complexity index is 762. The molecule has 2 nitrogen and oxygen atoms in total. The van der Waals surface area contributed by atoms with Crippen molar-refractivity contribution in [3.8, 4) is 0 Å². The molecule has 4 heteroatoms. The van der Waals surface area contributed by atoms with Crippen LogP contribution in [0.25, 0.3) is 0 Å². The molecular formula is C19H20ClNOS. The highest BCUT2D eigenvalue weighted by atomic mass is 35.5. The molecule has 4 rings (SSSR count). The molecule has 1 aromatic rings. The van der Waals surface area contributed by atoms with Crippen LogP contribution in [0.2, 0.25) is 5.02 Å². The van der Waals surface area contributed by atoms with Crippen LogP contribution in [-0.4, -0.2) is 11.5 Å². The lowest BCUT2D eigenvalue weighted by molar-refractivity contribution is -0.124. The van der Waals surface area contributed by atoms with Gasteiger partial charge in [0.05, 0.1) is 0 Å². The maximum atomic E-state index is 13.2. The third-order valence-corrected chi connectivity index (χ3v) is 6.56. The minimum atomic E-state index is -0.279. The number of rotatable bonds is 1. The number of nitrogens with one attached hydrogen (secondary N) is 1. The Morgan fingerprint density at radius 1 is 1.26 bits per heavy atom. The van der Waals surface area contributed by atoms with Gasteiger partial charge in [0.25, 0.3) is 0 Å². The second kappa shape index (κ2) is 5.42. The maximum absolute atomic E-state index is 13.2. The summed E-state index contributed by atoms with van der Waals surface area (Å²) in [4.78, 5) is 14.5. The standard InChI is InChI=1S/C19H20ClNOS/c1-19(2)8-6-13-16(18(19)22)15(11-4-3-5-12(20)10-11)17-14(21-13)7-9-23-17/h3-5,10,15,21H,6-9H2,1-2H3. The largest absolute Gasteiger partial charge is 0.361 e. The van der Waals surface area contributed by atoms with E-state index in [1.165, 1.54) is 10.6 Å². The molecule has 1 aromatic carbocycles. The Morgan fingerprint density at radius 3 is 2.87 bits per heavy atom. The first-order chi connectivity index (χ1) is 11.0. The monoisotopic (exact) mass is 345 g/mol. The minimum Gasteiger partial charge on any atom is -0.361 e. The number of hydrogen-bond acceptors (Lipinski definition) is 3.